The fourth-order valence-electron chi connectivity index (χ4n) is 1.38. The van der Waals surface area contributed by atoms with Crippen LogP contribution >= 0.6 is 0 Å². The second-order valence-corrected chi connectivity index (χ2v) is 3.87. The molecule has 98 valence electrons. The molecule has 0 bridgehead atoms. The number of likely N-dealkylation sites (N-methyl/N-ethyl adjacent to an activating group) is 2. The third-order valence-corrected chi connectivity index (χ3v) is 2.25. The van der Waals surface area contributed by atoms with Gasteiger partial charge in [-0.15, -0.1) is 0 Å². The summed E-state index contributed by atoms with van der Waals surface area (Å²) < 4.78 is 13.3. The molecule has 2 amide bonds. The molecule has 0 aromatic heterocycles. The number of para-hydroxylation sites is 1. The minimum Gasteiger partial charge on any atom is -0.358 e. The summed E-state index contributed by atoms with van der Waals surface area (Å²) in [4.78, 5) is 24.2. The second-order valence-electron chi connectivity index (χ2n) is 3.87. The summed E-state index contributed by atoms with van der Waals surface area (Å²) in [6.07, 6.45) is 0. The van der Waals surface area contributed by atoms with Gasteiger partial charge in [-0.2, -0.15) is 0 Å². The molecule has 1 aromatic rings. The average molecular weight is 253 g/mol. The van der Waals surface area contributed by atoms with Crippen molar-refractivity contribution in [3.05, 3.63) is 30.1 Å². The van der Waals surface area contributed by atoms with E-state index in [1.165, 1.54) is 24.1 Å². The number of carbonyl (C=O) groups is 2. The molecule has 5 nitrogen and oxygen atoms in total. The van der Waals surface area contributed by atoms with E-state index in [4.69, 9.17) is 0 Å². The van der Waals surface area contributed by atoms with Gasteiger partial charge < -0.3 is 10.6 Å². The van der Waals surface area contributed by atoms with Crippen molar-refractivity contribution >= 4 is 17.5 Å². The van der Waals surface area contributed by atoms with Crippen LogP contribution in [0.25, 0.3) is 0 Å². The molecule has 0 aliphatic rings. The topological polar surface area (TPSA) is 61.4 Å². The standard InChI is InChI=1S/C12H16FN3O2/c1-14-11(17)7-16(2)8-12(18)15-10-6-4-3-5-9(10)13/h3-6H,7-8H2,1-2H3,(H,14,17)(H,15,18). The summed E-state index contributed by atoms with van der Waals surface area (Å²) in [7, 11) is 3.16. The zero-order valence-electron chi connectivity index (χ0n) is 10.4. The lowest BCUT2D eigenvalue weighted by Crippen LogP contribution is -2.37. The van der Waals surface area contributed by atoms with Crippen LogP contribution < -0.4 is 10.6 Å². The Kier molecular flexibility index (Phi) is 5.26. The normalized spacial score (nSPS) is 10.2. The number of rotatable bonds is 5. The van der Waals surface area contributed by atoms with Gasteiger partial charge in [0.05, 0.1) is 18.8 Å². The Balaban J connectivity index is 2.47. The lowest BCUT2D eigenvalue weighted by Gasteiger charge is -2.15. The highest BCUT2D eigenvalue weighted by Gasteiger charge is 2.11. The summed E-state index contributed by atoms with van der Waals surface area (Å²) in [6, 6.07) is 5.92. The molecule has 0 aliphatic heterocycles. The molecule has 0 radical (unpaired) electrons. The highest BCUT2D eigenvalue weighted by atomic mass is 19.1. The molecule has 2 N–H and O–H groups in total. The van der Waals surface area contributed by atoms with Gasteiger partial charge in [-0.05, 0) is 19.2 Å². The zero-order valence-corrected chi connectivity index (χ0v) is 10.4. The van der Waals surface area contributed by atoms with E-state index in [1.807, 2.05) is 0 Å². The number of nitrogens with one attached hydrogen (secondary N) is 2. The summed E-state index contributed by atoms with van der Waals surface area (Å²) in [5.41, 5.74) is 0.135. The van der Waals surface area contributed by atoms with E-state index in [-0.39, 0.29) is 30.6 Å². The first-order valence-electron chi connectivity index (χ1n) is 5.46. The summed E-state index contributed by atoms with van der Waals surface area (Å²) in [6.45, 7) is 0.128. The SMILES string of the molecule is CNC(=O)CN(C)CC(=O)Nc1ccccc1F. The molecule has 6 heteroatoms. The molecule has 0 saturated heterocycles. The lowest BCUT2D eigenvalue weighted by atomic mass is 10.3. The molecule has 0 fully saturated rings. The van der Waals surface area contributed by atoms with Crippen LogP contribution in [0.1, 0.15) is 0 Å². The summed E-state index contributed by atoms with van der Waals surface area (Å²) in [5.74, 6) is -1.04. The van der Waals surface area contributed by atoms with Crippen LogP contribution in [0.2, 0.25) is 0 Å². The van der Waals surface area contributed by atoms with Crippen LogP contribution in [0.3, 0.4) is 0 Å². The van der Waals surface area contributed by atoms with Crippen LogP contribution in [-0.4, -0.2) is 43.9 Å². The number of hydrogen-bond acceptors (Lipinski definition) is 3. The van der Waals surface area contributed by atoms with Crippen molar-refractivity contribution in [2.24, 2.45) is 0 Å². The first-order chi connectivity index (χ1) is 8.52. The molecule has 0 saturated carbocycles. The van der Waals surface area contributed by atoms with Crippen LogP contribution in [0.5, 0.6) is 0 Å². The van der Waals surface area contributed by atoms with Crippen molar-refractivity contribution in [3.8, 4) is 0 Å². The van der Waals surface area contributed by atoms with E-state index in [0.29, 0.717) is 0 Å². The van der Waals surface area contributed by atoms with E-state index >= 15 is 0 Å². The molecule has 0 aliphatic carbocycles. The number of carbonyl (C=O) groups excluding carboxylic acids is 2. The molecule has 0 heterocycles. The molecular weight excluding hydrogens is 237 g/mol. The fourth-order valence-corrected chi connectivity index (χ4v) is 1.38. The van der Waals surface area contributed by atoms with E-state index in [9.17, 15) is 14.0 Å². The smallest absolute Gasteiger partial charge is 0.238 e. The van der Waals surface area contributed by atoms with Gasteiger partial charge in [-0.3, -0.25) is 14.5 Å². The average Bonchev–Trinajstić information content (AvgIpc) is 2.31. The van der Waals surface area contributed by atoms with Gasteiger partial charge in [-0.25, -0.2) is 4.39 Å². The van der Waals surface area contributed by atoms with Gasteiger partial charge in [0.1, 0.15) is 5.82 Å². The molecule has 1 aromatic carbocycles. The Morgan fingerprint density at radius 3 is 2.44 bits per heavy atom. The highest BCUT2D eigenvalue weighted by Crippen LogP contribution is 2.11. The molecular formula is C12H16FN3O2. The second kappa shape index (κ2) is 6.70. The maximum absolute atomic E-state index is 13.3. The van der Waals surface area contributed by atoms with Crippen molar-refractivity contribution in [2.45, 2.75) is 0 Å². The molecule has 0 unspecified atom stereocenters. The maximum Gasteiger partial charge on any atom is 0.238 e. The Bertz CT molecular complexity index is 437. The highest BCUT2D eigenvalue weighted by molar-refractivity contribution is 5.92. The van der Waals surface area contributed by atoms with Crippen LogP contribution in [0.15, 0.2) is 24.3 Å². The fraction of sp³-hybridized carbons (Fsp3) is 0.333. The Hall–Kier alpha value is -1.95. The Morgan fingerprint density at radius 2 is 1.83 bits per heavy atom. The largest absolute Gasteiger partial charge is 0.358 e. The minimum atomic E-state index is -0.486. The van der Waals surface area contributed by atoms with Crippen molar-refractivity contribution in [1.82, 2.24) is 10.2 Å². The van der Waals surface area contributed by atoms with Crippen molar-refractivity contribution < 1.29 is 14.0 Å². The number of nitrogens with zero attached hydrogens (tertiary/aromatic N) is 1. The molecule has 18 heavy (non-hydrogen) atoms. The quantitative estimate of drug-likeness (QED) is 0.800. The number of benzene rings is 1. The third kappa shape index (κ3) is 4.50. The molecule has 0 atom stereocenters. The Morgan fingerprint density at radius 1 is 1.22 bits per heavy atom. The van der Waals surface area contributed by atoms with Crippen LogP contribution in [0, 0.1) is 5.82 Å². The predicted octanol–water partition coefficient (Wildman–Crippen LogP) is 0.442. The minimum absolute atomic E-state index is 0.0156. The Labute approximate surface area is 105 Å². The van der Waals surface area contributed by atoms with Gasteiger partial charge in [0.25, 0.3) is 0 Å². The monoisotopic (exact) mass is 253 g/mol. The van der Waals surface area contributed by atoms with Gasteiger partial charge in [-0.1, -0.05) is 12.1 Å². The molecule has 1 rings (SSSR count). The maximum atomic E-state index is 13.3. The van der Waals surface area contributed by atoms with Crippen molar-refractivity contribution in [1.29, 1.82) is 0 Å². The van der Waals surface area contributed by atoms with E-state index in [2.05, 4.69) is 10.6 Å². The van der Waals surface area contributed by atoms with E-state index in [0.717, 1.165) is 0 Å². The van der Waals surface area contributed by atoms with Gasteiger partial charge in [0, 0.05) is 7.05 Å². The zero-order chi connectivity index (χ0) is 13.5. The number of anilines is 1. The van der Waals surface area contributed by atoms with Crippen molar-refractivity contribution in [2.75, 3.05) is 32.5 Å². The van der Waals surface area contributed by atoms with Gasteiger partial charge >= 0.3 is 0 Å². The lowest BCUT2D eigenvalue weighted by molar-refractivity contribution is -0.122. The predicted molar refractivity (Wildman–Crippen MR) is 66.6 cm³/mol. The summed E-state index contributed by atoms with van der Waals surface area (Å²) in [5, 5.41) is 4.90. The molecule has 0 spiro atoms. The first kappa shape index (κ1) is 14.1. The number of halogens is 1. The third-order valence-electron chi connectivity index (χ3n) is 2.25. The van der Waals surface area contributed by atoms with Gasteiger partial charge in [0.2, 0.25) is 11.8 Å². The summed E-state index contributed by atoms with van der Waals surface area (Å²) >= 11 is 0. The van der Waals surface area contributed by atoms with E-state index < -0.39 is 5.82 Å². The first-order valence-corrected chi connectivity index (χ1v) is 5.46. The van der Waals surface area contributed by atoms with Crippen LogP contribution in [-0.2, 0) is 9.59 Å². The van der Waals surface area contributed by atoms with Crippen molar-refractivity contribution in [3.63, 3.8) is 0 Å². The van der Waals surface area contributed by atoms with E-state index in [1.54, 1.807) is 19.2 Å². The van der Waals surface area contributed by atoms with Gasteiger partial charge in [0.15, 0.2) is 0 Å². The van der Waals surface area contributed by atoms with Crippen LogP contribution in [0.4, 0.5) is 10.1 Å². The number of amides is 2. The number of hydrogen-bond donors (Lipinski definition) is 2.